The number of aliphatic hydroxyl groups excluding tert-OH is 1. The Morgan fingerprint density at radius 2 is 1.63 bits per heavy atom. The Labute approximate surface area is 205 Å². The molecule has 4 rings (SSSR count). The molecule has 1 atom stereocenters. The Bertz CT molecular complexity index is 1250. The molecule has 0 fully saturated rings. The quantitative estimate of drug-likeness (QED) is 0.447. The fraction of sp³-hybridized carbons (Fsp3) is 0.172. The van der Waals surface area contributed by atoms with Crippen LogP contribution in [0.1, 0.15) is 17.2 Å². The van der Waals surface area contributed by atoms with Crippen molar-refractivity contribution in [3.05, 3.63) is 113 Å². The van der Waals surface area contributed by atoms with E-state index < -0.39 is 23.5 Å². The van der Waals surface area contributed by atoms with Gasteiger partial charge in [0, 0.05) is 13.1 Å². The van der Waals surface area contributed by atoms with Gasteiger partial charge in [0.25, 0.3) is 5.91 Å². The third kappa shape index (κ3) is 5.67. The molecule has 0 bridgehead atoms. The van der Waals surface area contributed by atoms with E-state index >= 15 is 0 Å². The molecule has 6 nitrogen and oxygen atoms in total. The highest BCUT2D eigenvalue weighted by Crippen LogP contribution is 2.39. The number of benzene rings is 3. The molecule has 35 heavy (non-hydrogen) atoms. The second-order valence-corrected chi connectivity index (χ2v) is 8.56. The summed E-state index contributed by atoms with van der Waals surface area (Å²) in [5.74, 6) is -0.219. The molecule has 1 aliphatic rings. The molecule has 1 aliphatic heterocycles. The second-order valence-electron chi connectivity index (χ2n) is 8.56. The number of rotatable bonds is 9. The van der Waals surface area contributed by atoms with E-state index in [-0.39, 0.29) is 5.57 Å². The number of amides is 1. The normalized spacial score (nSPS) is 15.9. The summed E-state index contributed by atoms with van der Waals surface area (Å²) in [6.45, 7) is 0.931. The Balaban J connectivity index is 1.69. The molecule has 1 amide bonds. The van der Waals surface area contributed by atoms with Crippen molar-refractivity contribution in [1.82, 2.24) is 9.80 Å². The lowest BCUT2D eigenvalue weighted by Gasteiger charge is -2.28. The fourth-order valence-electron chi connectivity index (χ4n) is 3.99. The van der Waals surface area contributed by atoms with Crippen molar-refractivity contribution < 1.29 is 19.4 Å². The van der Waals surface area contributed by atoms with Gasteiger partial charge in [-0.25, -0.2) is 0 Å². The van der Waals surface area contributed by atoms with Crippen LogP contribution < -0.4 is 4.74 Å². The number of allylic oxidation sites excluding steroid dienone is 1. The zero-order chi connectivity index (χ0) is 24.8. The first-order valence-electron chi connectivity index (χ1n) is 11.4. The molecule has 0 saturated heterocycles. The van der Waals surface area contributed by atoms with Crippen LogP contribution in [0.25, 0.3) is 6.08 Å². The third-order valence-corrected chi connectivity index (χ3v) is 5.74. The van der Waals surface area contributed by atoms with Gasteiger partial charge in [-0.15, -0.1) is 0 Å². The zero-order valence-electron chi connectivity index (χ0n) is 19.8. The molecule has 0 aliphatic carbocycles. The first-order valence-corrected chi connectivity index (χ1v) is 11.4. The summed E-state index contributed by atoms with van der Waals surface area (Å²) in [5, 5.41) is 10.8. The van der Waals surface area contributed by atoms with Gasteiger partial charge in [0.15, 0.2) is 11.5 Å². The summed E-state index contributed by atoms with van der Waals surface area (Å²) in [5.41, 5.74) is 1.60. The topological polar surface area (TPSA) is 70.1 Å². The van der Waals surface area contributed by atoms with Gasteiger partial charge in [-0.1, -0.05) is 66.7 Å². The van der Waals surface area contributed by atoms with E-state index in [1.807, 2.05) is 97.9 Å². The maximum atomic E-state index is 13.3. The summed E-state index contributed by atoms with van der Waals surface area (Å²) in [6.07, 6.45) is 3.09. The van der Waals surface area contributed by atoms with Crippen LogP contribution in [0, 0.1) is 0 Å². The maximum absolute atomic E-state index is 13.3. The van der Waals surface area contributed by atoms with Gasteiger partial charge in [0.2, 0.25) is 0 Å². The van der Waals surface area contributed by atoms with E-state index in [2.05, 4.69) is 0 Å². The predicted molar refractivity (Wildman–Crippen MR) is 136 cm³/mol. The highest BCUT2D eigenvalue weighted by Gasteiger charge is 2.42. The van der Waals surface area contributed by atoms with Gasteiger partial charge in [0.05, 0.1) is 11.6 Å². The van der Waals surface area contributed by atoms with Gasteiger partial charge >= 0.3 is 0 Å². The number of aliphatic hydroxyl groups is 1. The van der Waals surface area contributed by atoms with Crippen molar-refractivity contribution in [3.8, 4) is 11.5 Å². The van der Waals surface area contributed by atoms with E-state index in [4.69, 9.17) is 4.74 Å². The number of ether oxygens (including phenoxy) is 1. The van der Waals surface area contributed by atoms with Crippen LogP contribution in [0.2, 0.25) is 0 Å². The number of carbonyl (C=O) groups is 2. The Hall–Kier alpha value is -4.16. The lowest BCUT2D eigenvalue weighted by Crippen LogP contribution is -2.36. The van der Waals surface area contributed by atoms with Gasteiger partial charge in [-0.2, -0.15) is 0 Å². The summed E-state index contributed by atoms with van der Waals surface area (Å²) < 4.78 is 5.98. The van der Waals surface area contributed by atoms with Crippen LogP contribution in [-0.4, -0.2) is 53.8 Å². The maximum Gasteiger partial charge on any atom is 0.290 e. The largest absolute Gasteiger partial charge is 0.503 e. The molecule has 0 spiro atoms. The van der Waals surface area contributed by atoms with Gasteiger partial charge < -0.3 is 19.6 Å². The van der Waals surface area contributed by atoms with Crippen molar-refractivity contribution in [2.75, 3.05) is 27.2 Å². The number of hydrogen-bond donors (Lipinski definition) is 1. The molecule has 1 heterocycles. The van der Waals surface area contributed by atoms with Crippen LogP contribution in [0.5, 0.6) is 11.5 Å². The fourth-order valence-corrected chi connectivity index (χ4v) is 3.99. The number of likely N-dealkylation sites (N-methyl/N-ethyl adjacent to an activating group) is 1. The molecule has 3 aromatic carbocycles. The molecule has 1 N–H and O–H groups in total. The number of ketones is 1. The molecule has 1 unspecified atom stereocenters. The number of para-hydroxylation sites is 1. The zero-order valence-corrected chi connectivity index (χ0v) is 19.8. The lowest BCUT2D eigenvalue weighted by atomic mass is 9.95. The van der Waals surface area contributed by atoms with Crippen molar-refractivity contribution in [2.45, 2.75) is 6.04 Å². The molecular formula is C29H28N2O4. The SMILES string of the molecule is CN(C)CCN1C(=O)C(O)=C(C(=O)/C=C/c2ccccc2)C1c1cccc(Oc2ccccc2)c1. The monoisotopic (exact) mass is 468 g/mol. The third-order valence-electron chi connectivity index (χ3n) is 5.74. The average molecular weight is 469 g/mol. The molecular weight excluding hydrogens is 440 g/mol. The molecule has 178 valence electrons. The minimum atomic E-state index is -0.727. The standard InChI is InChI=1S/C29H28N2O4/c1-30(2)18-19-31-27(22-12-9-15-24(20-22)35-23-13-7-4-8-14-23)26(28(33)29(31)34)25(32)17-16-21-10-5-3-6-11-21/h3-17,20,27,33H,18-19H2,1-2H3/b17-16+. The predicted octanol–water partition coefficient (Wildman–Crippen LogP) is 5.02. The minimum Gasteiger partial charge on any atom is -0.503 e. The van der Waals surface area contributed by atoms with E-state index in [9.17, 15) is 14.7 Å². The molecule has 0 radical (unpaired) electrons. The minimum absolute atomic E-state index is 0.0674. The first-order chi connectivity index (χ1) is 16.9. The summed E-state index contributed by atoms with van der Waals surface area (Å²) in [7, 11) is 3.82. The van der Waals surface area contributed by atoms with Crippen LogP contribution in [0.15, 0.2) is 102 Å². The Morgan fingerprint density at radius 1 is 0.971 bits per heavy atom. The lowest BCUT2D eigenvalue weighted by molar-refractivity contribution is -0.129. The summed E-state index contributed by atoms with van der Waals surface area (Å²) in [4.78, 5) is 29.8. The van der Waals surface area contributed by atoms with E-state index in [1.165, 1.54) is 6.08 Å². The van der Waals surface area contributed by atoms with E-state index in [1.54, 1.807) is 17.0 Å². The highest BCUT2D eigenvalue weighted by molar-refractivity contribution is 6.14. The van der Waals surface area contributed by atoms with E-state index in [0.29, 0.717) is 30.2 Å². The molecule has 0 saturated carbocycles. The van der Waals surface area contributed by atoms with Gasteiger partial charge in [-0.3, -0.25) is 9.59 Å². The van der Waals surface area contributed by atoms with Crippen LogP contribution in [0.4, 0.5) is 0 Å². The summed E-state index contributed by atoms with van der Waals surface area (Å²) in [6, 6.07) is 25.3. The molecule has 6 heteroatoms. The number of carbonyl (C=O) groups excluding carboxylic acids is 2. The van der Waals surface area contributed by atoms with Crippen LogP contribution in [-0.2, 0) is 9.59 Å². The van der Waals surface area contributed by atoms with E-state index in [0.717, 1.165) is 5.56 Å². The Morgan fingerprint density at radius 3 is 2.31 bits per heavy atom. The van der Waals surface area contributed by atoms with Crippen LogP contribution in [0.3, 0.4) is 0 Å². The van der Waals surface area contributed by atoms with Gasteiger partial charge in [-0.05, 0) is 55.6 Å². The number of hydrogen-bond acceptors (Lipinski definition) is 5. The number of nitrogens with zero attached hydrogens (tertiary/aromatic N) is 2. The molecule has 0 aromatic heterocycles. The Kier molecular flexibility index (Phi) is 7.43. The highest BCUT2D eigenvalue weighted by atomic mass is 16.5. The molecule has 3 aromatic rings. The van der Waals surface area contributed by atoms with Gasteiger partial charge in [0.1, 0.15) is 11.5 Å². The smallest absolute Gasteiger partial charge is 0.290 e. The average Bonchev–Trinajstić information content (AvgIpc) is 3.12. The van der Waals surface area contributed by atoms with Crippen LogP contribution >= 0.6 is 0 Å². The summed E-state index contributed by atoms with van der Waals surface area (Å²) >= 11 is 0. The first kappa shape index (κ1) is 24.0. The second kappa shape index (κ2) is 10.8. The van der Waals surface area contributed by atoms with Crippen molar-refractivity contribution in [1.29, 1.82) is 0 Å². The van der Waals surface area contributed by atoms with Crippen molar-refractivity contribution >= 4 is 17.8 Å². The van der Waals surface area contributed by atoms with Crippen molar-refractivity contribution in [2.24, 2.45) is 0 Å². The van der Waals surface area contributed by atoms with Crippen molar-refractivity contribution in [3.63, 3.8) is 0 Å².